The molecule has 1 aliphatic carbocycles. The van der Waals surface area contributed by atoms with E-state index >= 15 is 0 Å². The molecule has 336 valence electrons. The van der Waals surface area contributed by atoms with Crippen molar-refractivity contribution >= 4 is 19.8 Å². The van der Waals surface area contributed by atoms with Gasteiger partial charge < -0.3 is 39.9 Å². The number of phosphoric ester groups is 1. The lowest BCUT2D eigenvalue weighted by Crippen LogP contribution is -2.64. The normalized spacial score (nSPS) is 23.0. The largest absolute Gasteiger partial charge is 0.472 e. The molecule has 0 aliphatic heterocycles. The topological polar surface area (TPSA) is 210 Å². The molecule has 0 spiro atoms. The second-order valence-electron chi connectivity index (χ2n) is 15.2. The Morgan fingerprint density at radius 1 is 0.534 bits per heavy atom. The van der Waals surface area contributed by atoms with Crippen molar-refractivity contribution in [1.29, 1.82) is 0 Å². The maximum Gasteiger partial charge on any atom is 0.472 e. The monoisotopic (exact) mass is 845 g/mol. The molecule has 6 unspecified atom stereocenters. The summed E-state index contributed by atoms with van der Waals surface area (Å²) in [5, 5.41) is 50.0. The first-order chi connectivity index (χ1) is 27.9. The molecule has 0 aromatic carbocycles. The molecule has 0 aromatic rings. The second-order valence-corrected chi connectivity index (χ2v) is 16.6. The first kappa shape index (κ1) is 53.8. The van der Waals surface area contributed by atoms with Crippen LogP contribution in [-0.4, -0.2) is 98.3 Å². The average Bonchev–Trinajstić information content (AvgIpc) is 3.20. The minimum atomic E-state index is -5.12. The van der Waals surface area contributed by atoms with Gasteiger partial charge in [0.1, 0.15) is 43.2 Å². The standard InChI is InChI=1S/C44H77O13P/c1-3-5-7-9-11-13-15-17-18-19-20-21-23-24-26-28-30-32-37(45)54-34-36(56-38(46)33-31-29-27-25-22-16-14-12-10-8-6-4-2)35-55-58(52,53)57-44-42(50)40(48)39(47)41(49)43(44)51/h11,13,17-18,20-21,24,26,36,39-44,47-51H,3-10,12,14-16,19,22-23,25,27-35H2,1-2H3,(H,52,53)/b13-11-,18-17-,21-20-,26-24-/t36-,39?,40-,41?,42?,43?,44?/m1/s1. The van der Waals surface area contributed by atoms with Crippen LogP contribution < -0.4 is 0 Å². The molecule has 1 saturated carbocycles. The predicted molar refractivity (Wildman–Crippen MR) is 226 cm³/mol. The van der Waals surface area contributed by atoms with E-state index in [1.165, 1.54) is 64.2 Å². The highest BCUT2D eigenvalue weighted by molar-refractivity contribution is 7.47. The summed E-state index contributed by atoms with van der Waals surface area (Å²) in [6.07, 6.45) is 26.1. The number of unbranched alkanes of at least 4 members (excludes halogenated alkanes) is 15. The lowest BCUT2D eigenvalue weighted by Gasteiger charge is -2.41. The summed E-state index contributed by atoms with van der Waals surface area (Å²) in [7, 11) is -5.12. The van der Waals surface area contributed by atoms with Gasteiger partial charge in [-0.3, -0.25) is 18.6 Å². The Bertz CT molecular complexity index is 1210. The van der Waals surface area contributed by atoms with Crippen molar-refractivity contribution in [3.8, 4) is 0 Å². The zero-order valence-electron chi connectivity index (χ0n) is 35.3. The van der Waals surface area contributed by atoms with Crippen LogP contribution in [0.5, 0.6) is 0 Å². The Morgan fingerprint density at radius 2 is 0.948 bits per heavy atom. The summed E-state index contributed by atoms with van der Waals surface area (Å²) in [5.41, 5.74) is 0. The molecule has 14 heteroatoms. The van der Waals surface area contributed by atoms with Crippen LogP contribution in [0.2, 0.25) is 0 Å². The number of ether oxygens (including phenoxy) is 2. The first-order valence-corrected chi connectivity index (χ1v) is 23.4. The molecule has 13 nitrogen and oxygen atoms in total. The van der Waals surface area contributed by atoms with E-state index in [-0.39, 0.29) is 12.8 Å². The molecule has 1 fully saturated rings. The number of allylic oxidation sites excluding steroid dienone is 8. The number of hydrogen-bond acceptors (Lipinski definition) is 12. The number of carbonyl (C=O) groups excluding carboxylic acids is 2. The van der Waals surface area contributed by atoms with Crippen LogP contribution in [0, 0.1) is 0 Å². The molecule has 1 rings (SSSR count). The lowest BCUT2D eigenvalue weighted by atomic mass is 9.85. The first-order valence-electron chi connectivity index (χ1n) is 21.9. The van der Waals surface area contributed by atoms with E-state index in [1.807, 2.05) is 12.2 Å². The van der Waals surface area contributed by atoms with Crippen LogP contribution in [0.1, 0.15) is 162 Å². The number of phosphoric acid groups is 1. The highest BCUT2D eigenvalue weighted by Gasteiger charge is 2.51. The van der Waals surface area contributed by atoms with E-state index in [4.69, 9.17) is 18.5 Å². The molecule has 0 heterocycles. The summed E-state index contributed by atoms with van der Waals surface area (Å²) in [6.45, 7) is 3.20. The van der Waals surface area contributed by atoms with Crippen molar-refractivity contribution < 1.29 is 63.1 Å². The molecule has 0 radical (unpaired) electrons. The van der Waals surface area contributed by atoms with Crippen LogP contribution in [0.3, 0.4) is 0 Å². The Labute approximate surface area is 348 Å². The van der Waals surface area contributed by atoms with Gasteiger partial charge in [-0.15, -0.1) is 0 Å². The van der Waals surface area contributed by atoms with Gasteiger partial charge in [0.05, 0.1) is 6.61 Å². The van der Waals surface area contributed by atoms with E-state index in [0.29, 0.717) is 19.3 Å². The second kappa shape index (κ2) is 34.5. The van der Waals surface area contributed by atoms with Gasteiger partial charge in [0.25, 0.3) is 0 Å². The Kier molecular flexibility index (Phi) is 32.0. The number of hydrogen-bond donors (Lipinski definition) is 6. The van der Waals surface area contributed by atoms with Crippen molar-refractivity contribution in [2.24, 2.45) is 0 Å². The molecular weight excluding hydrogens is 767 g/mol. The van der Waals surface area contributed by atoms with Gasteiger partial charge in [-0.05, 0) is 51.4 Å². The van der Waals surface area contributed by atoms with Crippen LogP contribution in [-0.2, 0) is 32.7 Å². The number of aliphatic hydroxyl groups excluding tert-OH is 5. The number of carbonyl (C=O) groups is 2. The summed E-state index contributed by atoms with van der Waals surface area (Å²) in [4.78, 5) is 35.6. The molecule has 0 saturated heterocycles. The van der Waals surface area contributed by atoms with Gasteiger partial charge >= 0.3 is 19.8 Å². The van der Waals surface area contributed by atoms with Crippen molar-refractivity contribution in [2.45, 2.75) is 204 Å². The number of aliphatic hydroxyl groups is 5. The minimum Gasteiger partial charge on any atom is -0.462 e. The third kappa shape index (κ3) is 26.8. The number of rotatable bonds is 35. The maximum absolute atomic E-state index is 12.8. The van der Waals surface area contributed by atoms with E-state index in [1.54, 1.807) is 0 Å². The van der Waals surface area contributed by atoms with Crippen LogP contribution >= 0.6 is 7.82 Å². The zero-order chi connectivity index (χ0) is 42.9. The summed E-state index contributed by atoms with van der Waals surface area (Å²) >= 11 is 0. The quantitative estimate of drug-likeness (QED) is 0.0155. The molecular formula is C44H77O13P. The summed E-state index contributed by atoms with van der Waals surface area (Å²) in [5.74, 6) is -1.17. The predicted octanol–water partition coefficient (Wildman–Crippen LogP) is 8.00. The smallest absolute Gasteiger partial charge is 0.462 e. The van der Waals surface area contributed by atoms with Gasteiger partial charge in [0.2, 0.25) is 0 Å². The maximum atomic E-state index is 12.8. The fraction of sp³-hybridized carbons (Fsp3) is 0.773. The molecule has 0 aromatic heterocycles. The van der Waals surface area contributed by atoms with Crippen LogP contribution in [0.4, 0.5) is 0 Å². The average molecular weight is 845 g/mol. The fourth-order valence-corrected chi connectivity index (χ4v) is 7.31. The van der Waals surface area contributed by atoms with Gasteiger partial charge in [-0.1, -0.05) is 146 Å². The van der Waals surface area contributed by atoms with Gasteiger partial charge in [-0.2, -0.15) is 0 Å². The fourth-order valence-electron chi connectivity index (χ4n) is 6.34. The SMILES string of the molecule is CCCCC/C=C\C/C=C\C/C=C\C/C=C\CCCC(=O)OC[C@H](COP(=O)(O)OC1C(O)C(O)C(O)[C@@H](O)C1O)OC(=O)CCCCCCCCCCCCCC. The Balaban J connectivity index is 2.52. The highest BCUT2D eigenvalue weighted by atomic mass is 31.2. The molecule has 58 heavy (non-hydrogen) atoms. The van der Waals surface area contributed by atoms with Crippen molar-refractivity contribution in [1.82, 2.24) is 0 Å². The third-order valence-corrected chi connectivity index (χ3v) is 10.9. The molecule has 0 bridgehead atoms. The Morgan fingerprint density at radius 3 is 1.47 bits per heavy atom. The van der Waals surface area contributed by atoms with E-state index in [0.717, 1.165) is 51.4 Å². The third-order valence-electron chi connectivity index (χ3n) is 9.92. The summed E-state index contributed by atoms with van der Waals surface area (Å²) < 4.78 is 33.4. The number of esters is 2. The van der Waals surface area contributed by atoms with Crippen molar-refractivity contribution in [3.05, 3.63) is 48.6 Å². The minimum absolute atomic E-state index is 0.0861. The summed E-state index contributed by atoms with van der Waals surface area (Å²) in [6, 6.07) is 0. The molecule has 6 N–H and O–H groups in total. The molecule has 1 aliphatic rings. The highest BCUT2D eigenvalue weighted by Crippen LogP contribution is 2.47. The van der Waals surface area contributed by atoms with Crippen LogP contribution in [0.15, 0.2) is 48.6 Å². The van der Waals surface area contributed by atoms with Gasteiger partial charge in [-0.25, -0.2) is 4.57 Å². The lowest BCUT2D eigenvalue weighted by molar-refractivity contribution is -0.220. The van der Waals surface area contributed by atoms with Crippen LogP contribution in [0.25, 0.3) is 0 Å². The molecule has 8 atom stereocenters. The van der Waals surface area contributed by atoms with E-state index in [2.05, 4.69) is 50.3 Å². The van der Waals surface area contributed by atoms with E-state index < -0.39 is 75.7 Å². The molecule has 0 amide bonds. The van der Waals surface area contributed by atoms with Crippen molar-refractivity contribution in [2.75, 3.05) is 13.2 Å². The Hall–Kier alpha value is -2.19. The van der Waals surface area contributed by atoms with Crippen molar-refractivity contribution in [3.63, 3.8) is 0 Å². The van der Waals surface area contributed by atoms with E-state index in [9.17, 15) is 44.6 Å². The van der Waals surface area contributed by atoms with Gasteiger partial charge in [0.15, 0.2) is 6.10 Å². The van der Waals surface area contributed by atoms with Gasteiger partial charge in [0, 0.05) is 12.8 Å². The zero-order valence-corrected chi connectivity index (χ0v) is 36.2.